The van der Waals surface area contributed by atoms with Crippen molar-refractivity contribution in [2.75, 3.05) is 10.6 Å². The van der Waals surface area contributed by atoms with Gasteiger partial charge >= 0.3 is 0 Å². The van der Waals surface area contributed by atoms with Crippen LogP contribution in [0.1, 0.15) is 18.2 Å². The molecule has 0 saturated carbocycles. The van der Waals surface area contributed by atoms with Crippen LogP contribution >= 0.6 is 0 Å². The fourth-order valence-corrected chi connectivity index (χ4v) is 2.68. The number of benzene rings is 2. The van der Waals surface area contributed by atoms with Crippen LogP contribution in [0.3, 0.4) is 0 Å². The zero-order chi connectivity index (χ0) is 22.1. The third-order valence-electron chi connectivity index (χ3n) is 4.10. The molecule has 154 valence electrons. The van der Waals surface area contributed by atoms with Gasteiger partial charge in [-0.1, -0.05) is 41.6 Å². The molecule has 0 unspecified atom stereocenters. The number of nitrogens with one attached hydrogen (secondary N) is 2. The maximum atomic E-state index is 12.3. The highest BCUT2D eigenvalue weighted by molar-refractivity contribution is 6.06. The normalized spacial score (nSPS) is 11.2. The average Bonchev–Trinajstić information content (AvgIpc) is 3.20. The van der Waals surface area contributed by atoms with Crippen LogP contribution in [0.15, 0.2) is 78.5 Å². The van der Waals surface area contributed by atoms with E-state index in [0.29, 0.717) is 23.6 Å². The number of nitriles is 1. The maximum Gasteiger partial charge on any atom is 0.266 e. The van der Waals surface area contributed by atoms with E-state index in [4.69, 9.17) is 0 Å². The molecular weight excluding hydrogens is 392 g/mol. The second-order valence-corrected chi connectivity index (χ2v) is 6.59. The molecule has 2 amide bonds. The van der Waals surface area contributed by atoms with E-state index in [2.05, 4.69) is 20.9 Å². The minimum atomic E-state index is -0.535. The van der Waals surface area contributed by atoms with Crippen LogP contribution in [0, 0.1) is 11.3 Å². The molecule has 3 rings (SSSR count). The minimum Gasteiger partial charge on any atom is -0.326 e. The van der Waals surface area contributed by atoms with Crippen molar-refractivity contribution in [3.05, 3.63) is 89.8 Å². The molecule has 2 aromatic carbocycles. The molecule has 31 heavy (non-hydrogen) atoms. The van der Waals surface area contributed by atoms with Gasteiger partial charge in [-0.2, -0.15) is 5.26 Å². The standard InChI is InChI=1S/C23H20N6O2/c1-17(30)25-20-10-12-21(13-11-20)26-23(31)19(14-24)8-5-9-22-16-29(28-27-22)15-18-6-3-2-4-7-18/h2-13,16H,15H2,1H3,(H,25,30)(H,26,31)/b9-5+,19-8+. The van der Waals surface area contributed by atoms with E-state index in [1.54, 1.807) is 47.3 Å². The van der Waals surface area contributed by atoms with Gasteiger partial charge in [0.15, 0.2) is 0 Å². The molecule has 0 aliphatic heterocycles. The second kappa shape index (κ2) is 10.3. The monoisotopic (exact) mass is 412 g/mol. The second-order valence-electron chi connectivity index (χ2n) is 6.59. The van der Waals surface area contributed by atoms with E-state index in [9.17, 15) is 14.9 Å². The Morgan fingerprint density at radius 2 is 1.74 bits per heavy atom. The zero-order valence-electron chi connectivity index (χ0n) is 16.8. The molecule has 0 spiro atoms. The summed E-state index contributed by atoms with van der Waals surface area (Å²) in [5.74, 6) is -0.717. The molecule has 8 heteroatoms. The molecule has 1 aromatic heterocycles. The Balaban J connectivity index is 1.59. The number of nitrogens with zero attached hydrogens (tertiary/aromatic N) is 4. The number of anilines is 2. The first kappa shape index (κ1) is 21.2. The Bertz CT molecular complexity index is 1150. The summed E-state index contributed by atoms with van der Waals surface area (Å²) in [4.78, 5) is 23.4. The third-order valence-corrected chi connectivity index (χ3v) is 4.10. The predicted octanol–water partition coefficient (Wildman–Crippen LogP) is 3.39. The van der Waals surface area contributed by atoms with Gasteiger partial charge in [-0.3, -0.25) is 9.59 Å². The third kappa shape index (κ3) is 6.51. The quantitative estimate of drug-likeness (QED) is 0.351. The molecule has 0 aliphatic rings. The van der Waals surface area contributed by atoms with Crippen LogP contribution in [-0.4, -0.2) is 26.8 Å². The SMILES string of the molecule is CC(=O)Nc1ccc(NC(=O)/C(C#N)=C/C=C/c2cn(Cc3ccccc3)nn2)cc1. The molecule has 0 atom stereocenters. The van der Waals surface area contributed by atoms with E-state index in [-0.39, 0.29) is 11.5 Å². The Kier molecular flexibility index (Phi) is 7.06. The fourth-order valence-electron chi connectivity index (χ4n) is 2.68. The Hall–Kier alpha value is -4.51. The van der Waals surface area contributed by atoms with Gasteiger partial charge in [0, 0.05) is 18.3 Å². The van der Waals surface area contributed by atoms with Gasteiger partial charge in [-0.25, -0.2) is 4.68 Å². The molecule has 3 aromatic rings. The first-order chi connectivity index (χ1) is 15.0. The largest absolute Gasteiger partial charge is 0.326 e. The topological polar surface area (TPSA) is 113 Å². The van der Waals surface area contributed by atoms with Crippen molar-refractivity contribution in [2.45, 2.75) is 13.5 Å². The first-order valence-electron chi connectivity index (χ1n) is 9.45. The van der Waals surface area contributed by atoms with Crippen molar-refractivity contribution >= 4 is 29.3 Å². The fraction of sp³-hybridized carbons (Fsp3) is 0.0870. The number of amides is 2. The van der Waals surface area contributed by atoms with Gasteiger partial charge in [-0.15, -0.1) is 5.10 Å². The summed E-state index contributed by atoms with van der Waals surface area (Å²) in [6.45, 7) is 2.01. The van der Waals surface area contributed by atoms with Crippen LogP contribution in [0.4, 0.5) is 11.4 Å². The molecule has 0 aliphatic carbocycles. The summed E-state index contributed by atoms with van der Waals surface area (Å²) in [6.07, 6.45) is 6.44. The van der Waals surface area contributed by atoms with Gasteiger partial charge in [0.25, 0.3) is 5.91 Å². The minimum absolute atomic E-state index is 0.0566. The number of hydrogen-bond acceptors (Lipinski definition) is 5. The van der Waals surface area contributed by atoms with Gasteiger partial charge in [0.2, 0.25) is 5.91 Å². The number of allylic oxidation sites excluding steroid dienone is 2. The van der Waals surface area contributed by atoms with Crippen molar-refractivity contribution in [3.63, 3.8) is 0 Å². The van der Waals surface area contributed by atoms with Gasteiger partial charge in [0.1, 0.15) is 17.3 Å². The molecule has 0 fully saturated rings. The van der Waals surface area contributed by atoms with Crippen molar-refractivity contribution in [1.82, 2.24) is 15.0 Å². The first-order valence-corrected chi connectivity index (χ1v) is 9.45. The van der Waals surface area contributed by atoms with Crippen LogP contribution in [0.5, 0.6) is 0 Å². The van der Waals surface area contributed by atoms with E-state index >= 15 is 0 Å². The number of aromatic nitrogens is 3. The van der Waals surface area contributed by atoms with Crippen LogP contribution in [-0.2, 0) is 16.1 Å². The van der Waals surface area contributed by atoms with E-state index in [0.717, 1.165) is 5.56 Å². The molecule has 0 bridgehead atoms. The van der Waals surface area contributed by atoms with Crippen LogP contribution < -0.4 is 10.6 Å². The number of rotatable bonds is 7. The molecule has 2 N–H and O–H groups in total. The van der Waals surface area contributed by atoms with Gasteiger partial charge in [-0.05, 0) is 42.0 Å². The highest BCUT2D eigenvalue weighted by Gasteiger charge is 2.08. The lowest BCUT2D eigenvalue weighted by Gasteiger charge is -2.06. The lowest BCUT2D eigenvalue weighted by atomic mass is 10.2. The van der Waals surface area contributed by atoms with Gasteiger partial charge in [0.05, 0.1) is 12.7 Å². The maximum absolute atomic E-state index is 12.3. The Labute approximate surface area is 179 Å². The number of carbonyl (C=O) groups is 2. The summed E-state index contributed by atoms with van der Waals surface area (Å²) in [7, 11) is 0. The molecule has 8 nitrogen and oxygen atoms in total. The number of carbonyl (C=O) groups excluding carboxylic acids is 2. The van der Waals surface area contributed by atoms with Crippen LogP contribution in [0.2, 0.25) is 0 Å². The summed E-state index contributed by atoms with van der Waals surface area (Å²) < 4.78 is 1.71. The average molecular weight is 412 g/mol. The predicted molar refractivity (Wildman–Crippen MR) is 118 cm³/mol. The Morgan fingerprint density at radius 1 is 1.06 bits per heavy atom. The summed E-state index contributed by atoms with van der Waals surface area (Å²) in [6, 6.07) is 18.4. The number of hydrogen-bond donors (Lipinski definition) is 2. The molecular formula is C23H20N6O2. The van der Waals surface area contributed by atoms with Crippen molar-refractivity contribution in [3.8, 4) is 6.07 Å². The van der Waals surface area contributed by atoms with Crippen molar-refractivity contribution in [2.24, 2.45) is 0 Å². The summed E-state index contributed by atoms with van der Waals surface area (Å²) >= 11 is 0. The van der Waals surface area contributed by atoms with Crippen molar-refractivity contribution < 1.29 is 9.59 Å². The van der Waals surface area contributed by atoms with E-state index < -0.39 is 5.91 Å². The Morgan fingerprint density at radius 3 is 2.39 bits per heavy atom. The molecule has 0 saturated heterocycles. The van der Waals surface area contributed by atoms with Gasteiger partial charge < -0.3 is 10.6 Å². The lowest BCUT2D eigenvalue weighted by Crippen LogP contribution is -2.13. The van der Waals surface area contributed by atoms with Crippen LogP contribution in [0.25, 0.3) is 6.08 Å². The molecule has 0 radical (unpaired) electrons. The highest BCUT2D eigenvalue weighted by Crippen LogP contribution is 2.14. The smallest absolute Gasteiger partial charge is 0.266 e. The summed E-state index contributed by atoms with van der Waals surface area (Å²) in [5, 5.41) is 22.7. The van der Waals surface area contributed by atoms with E-state index in [1.165, 1.54) is 13.0 Å². The summed E-state index contributed by atoms with van der Waals surface area (Å²) in [5.41, 5.74) is 2.78. The van der Waals surface area contributed by atoms with E-state index in [1.807, 2.05) is 36.4 Å². The van der Waals surface area contributed by atoms with Crippen molar-refractivity contribution in [1.29, 1.82) is 5.26 Å². The zero-order valence-corrected chi connectivity index (χ0v) is 16.8. The molecule has 1 heterocycles. The highest BCUT2D eigenvalue weighted by atomic mass is 16.2. The lowest BCUT2D eigenvalue weighted by molar-refractivity contribution is -0.114.